The molecule has 12 heteroatoms. The molecule has 0 saturated carbocycles. The van der Waals surface area contributed by atoms with Gasteiger partial charge in [0.05, 0.1) is 30.5 Å². The Bertz CT molecular complexity index is 1290. The van der Waals surface area contributed by atoms with Crippen molar-refractivity contribution in [2.24, 2.45) is 0 Å². The zero-order valence-electron chi connectivity index (χ0n) is 19.6. The number of nitrogens with one attached hydrogen (secondary N) is 1. The van der Waals surface area contributed by atoms with Gasteiger partial charge in [0.1, 0.15) is 11.6 Å². The van der Waals surface area contributed by atoms with Crippen LogP contribution in [0.2, 0.25) is 25.1 Å². The number of rotatable bonds is 9. The van der Waals surface area contributed by atoms with Crippen LogP contribution in [0.25, 0.3) is 0 Å². The molecule has 3 aromatic rings. The quantitative estimate of drug-likeness (QED) is 0.185. The molecule has 202 valence electrons. The first-order chi connectivity index (χ1) is 17.7. The summed E-state index contributed by atoms with van der Waals surface area (Å²) in [7, 11) is 0. The van der Waals surface area contributed by atoms with Crippen LogP contribution in [0.3, 0.4) is 0 Å². The molecule has 0 saturated heterocycles. The zero-order chi connectivity index (χ0) is 26.5. The van der Waals surface area contributed by atoms with Crippen molar-refractivity contribution >= 4 is 93.6 Å². The average molecular weight is 657 g/mol. The van der Waals surface area contributed by atoms with Crippen molar-refractivity contribution in [1.82, 2.24) is 9.80 Å². The van der Waals surface area contributed by atoms with Crippen molar-refractivity contribution in [1.29, 1.82) is 0 Å². The molecule has 0 radical (unpaired) electrons. The maximum absolute atomic E-state index is 12.6. The lowest BCUT2D eigenvalue weighted by Crippen LogP contribution is -2.38. The number of hydrogen-bond acceptors (Lipinski definition) is 4. The van der Waals surface area contributed by atoms with Gasteiger partial charge in [-0.1, -0.05) is 87.8 Å². The highest BCUT2D eigenvalue weighted by atomic mass is 35.5. The number of halogens is 7. The van der Waals surface area contributed by atoms with E-state index in [0.717, 1.165) is 11.1 Å². The van der Waals surface area contributed by atoms with Crippen LogP contribution in [-0.2, 0) is 16.1 Å². The minimum absolute atomic E-state index is 0. The van der Waals surface area contributed by atoms with Gasteiger partial charge in [0.2, 0.25) is 5.91 Å². The highest BCUT2D eigenvalue weighted by molar-refractivity contribution is 6.36. The molecule has 38 heavy (non-hydrogen) atoms. The second-order valence-corrected chi connectivity index (χ2v) is 10.8. The predicted molar refractivity (Wildman–Crippen MR) is 160 cm³/mol. The molecule has 0 aliphatic carbocycles. The maximum atomic E-state index is 12.6. The van der Waals surface area contributed by atoms with Gasteiger partial charge in [-0.3, -0.25) is 4.79 Å². The van der Waals surface area contributed by atoms with E-state index in [1.54, 1.807) is 48.7 Å². The van der Waals surface area contributed by atoms with Crippen LogP contribution in [0, 0.1) is 0 Å². The Morgan fingerprint density at radius 2 is 1.53 bits per heavy atom. The predicted octanol–water partition coefficient (Wildman–Crippen LogP) is 8.88. The third-order valence-electron chi connectivity index (χ3n) is 5.56. The molecule has 0 spiro atoms. The third kappa shape index (κ3) is 8.23. The van der Waals surface area contributed by atoms with E-state index in [-0.39, 0.29) is 31.5 Å². The molecule has 0 aromatic heterocycles. The number of ether oxygens (including phenoxy) is 1. The molecule has 1 heterocycles. The molecule has 0 fully saturated rings. The minimum Gasteiger partial charge on any atom is -0.365 e. The monoisotopic (exact) mass is 653 g/mol. The van der Waals surface area contributed by atoms with Crippen molar-refractivity contribution in [3.05, 3.63) is 109 Å². The lowest BCUT2D eigenvalue weighted by Gasteiger charge is -2.31. The smallest absolute Gasteiger partial charge is 0.243 e. The molecule has 1 aliphatic heterocycles. The van der Waals surface area contributed by atoms with Crippen molar-refractivity contribution in [2.45, 2.75) is 18.2 Å². The summed E-state index contributed by atoms with van der Waals surface area (Å²) in [6.45, 7) is 0.683. The fourth-order valence-corrected chi connectivity index (χ4v) is 4.96. The number of amides is 1. The minimum atomic E-state index is -0.598. The van der Waals surface area contributed by atoms with Gasteiger partial charge in [-0.05, 0) is 53.6 Å². The molecular weight excluding hydrogens is 634 g/mol. The van der Waals surface area contributed by atoms with Crippen LogP contribution < -0.4 is 5.32 Å². The van der Waals surface area contributed by atoms with Crippen molar-refractivity contribution in [2.75, 3.05) is 18.5 Å². The topological polar surface area (TPSA) is 44.8 Å². The number of carbonyl (C=O) groups is 1. The van der Waals surface area contributed by atoms with E-state index in [2.05, 4.69) is 5.32 Å². The van der Waals surface area contributed by atoms with E-state index in [4.69, 9.17) is 74.3 Å². The second-order valence-electron chi connectivity index (χ2n) is 8.26. The highest BCUT2D eigenvalue weighted by Gasteiger charge is 2.30. The van der Waals surface area contributed by atoms with E-state index >= 15 is 0 Å². The fourth-order valence-electron chi connectivity index (χ4n) is 3.69. The summed E-state index contributed by atoms with van der Waals surface area (Å²) in [6.07, 6.45) is 3.08. The van der Waals surface area contributed by atoms with E-state index in [1.165, 1.54) is 0 Å². The van der Waals surface area contributed by atoms with Crippen molar-refractivity contribution in [3.8, 4) is 0 Å². The van der Waals surface area contributed by atoms with Gasteiger partial charge in [0.15, 0.2) is 0 Å². The van der Waals surface area contributed by atoms with E-state index in [1.807, 2.05) is 34.2 Å². The highest BCUT2D eigenvalue weighted by Crippen LogP contribution is 2.33. The van der Waals surface area contributed by atoms with Gasteiger partial charge >= 0.3 is 0 Å². The SMILES string of the molecule is Cl.O=C(CN1C=CN(C(Cl)C(OCc2ccc(Cl)cc2Cl)c2ccc(Cl)cc2)C1)Nc1cc(Cl)ccc1Cl. The summed E-state index contributed by atoms with van der Waals surface area (Å²) in [4.78, 5) is 16.3. The number of anilines is 1. The normalized spacial score (nSPS) is 14.3. The van der Waals surface area contributed by atoms with Gasteiger partial charge in [-0.2, -0.15) is 0 Å². The molecule has 0 bridgehead atoms. The first-order valence-corrected chi connectivity index (χ1v) is 13.4. The Morgan fingerprint density at radius 1 is 0.868 bits per heavy atom. The van der Waals surface area contributed by atoms with Crippen LogP contribution in [-0.4, -0.2) is 34.4 Å². The van der Waals surface area contributed by atoms with Gasteiger partial charge < -0.3 is 19.9 Å². The number of hydrogen-bond donors (Lipinski definition) is 1. The molecule has 2 unspecified atom stereocenters. The molecule has 1 aliphatic rings. The molecule has 3 aromatic carbocycles. The third-order valence-corrected chi connectivity index (χ3v) is 7.44. The summed E-state index contributed by atoms with van der Waals surface area (Å²) in [5.74, 6) is -0.246. The fraction of sp³-hybridized carbons (Fsp3) is 0.192. The number of carbonyl (C=O) groups excluding carboxylic acids is 1. The Kier molecular flexibility index (Phi) is 11.6. The molecule has 2 atom stereocenters. The number of alkyl halides is 1. The first-order valence-electron chi connectivity index (χ1n) is 11.1. The summed E-state index contributed by atoms with van der Waals surface area (Å²) in [5, 5.41) is 5.32. The van der Waals surface area contributed by atoms with E-state index < -0.39 is 11.6 Å². The van der Waals surface area contributed by atoms with Crippen LogP contribution in [0.5, 0.6) is 0 Å². The molecule has 5 nitrogen and oxygen atoms in total. The van der Waals surface area contributed by atoms with Crippen LogP contribution in [0.15, 0.2) is 73.1 Å². The maximum Gasteiger partial charge on any atom is 0.243 e. The van der Waals surface area contributed by atoms with Crippen LogP contribution in [0.4, 0.5) is 5.69 Å². The first kappa shape index (κ1) is 31.0. The largest absolute Gasteiger partial charge is 0.365 e. The van der Waals surface area contributed by atoms with Gasteiger partial charge in [-0.15, -0.1) is 12.4 Å². The number of benzene rings is 3. The van der Waals surface area contributed by atoms with Crippen LogP contribution >= 0.6 is 82.0 Å². The second kappa shape index (κ2) is 14.2. The number of nitrogens with zero attached hydrogens (tertiary/aromatic N) is 2. The van der Waals surface area contributed by atoms with Crippen LogP contribution in [0.1, 0.15) is 17.2 Å². The average Bonchev–Trinajstić information content (AvgIpc) is 3.32. The lowest BCUT2D eigenvalue weighted by atomic mass is 10.1. The summed E-state index contributed by atoms with van der Waals surface area (Å²) >= 11 is 37.5. The molecule has 4 rings (SSSR count). The zero-order valence-corrected chi connectivity index (χ0v) is 24.9. The lowest BCUT2D eigenvalue weighted by molar-refractivity contribution is -0.117. The van der Waals surface area contributed by atoms with Gasteiger partial charge in [0.25, 0.3) is 0 Å². The Hall–Kier alpha value is -1.54. The van der Waals surface area contributed by atoms with E-state index in [9.17, 15) is 4.79 Å². The summed E-state index contributed by atoms with van der Waals surface area (Å²) in [6, 6.07) is 17.4. The molecule has 1 amide bonds. The Balaban J connectivity index is 0.00000400. The molecule has 1 N–H and O–H groups in total. The molecular formula is C26H22Cl7N3O2. The van der Waals surface area contributed by atoms with Crippen molar-refractivity contribution in [3.63, 3.8) is 0 Å². The Morgan fingerprint density at radius 3 is 2.24 bits per heavy atom. The summed E-state index contributed by atoms with van der Waals surface area (Å²) < 4.78 is 6.27. The van der Waals surface area contributed by atoms with Gasteiger partial charge in [0, 0.05) is 32.5 Å². The van der Waals surface area contributed by atoms with E-state index in [0.29, 0.717) is 37.5 Å². The van der Waals surface area contributed by atoms with Crippen molar-refractivity contribution < 1.29 is 9.53 Å². The van der Waals surface area contributed by atoms with Gasteiger partial charge in [-0.25, -0.2) is 0 Å². The summed E-state index contributed by atoms with van der Waals surface area (Å²) in [5.41, 5.74) is 1.48. The standard InChI is InChI=1S/C26H21Cl6N3O2.ClH/c27-18-4-1-16(2-5-18)25(37-14-17-3-6-19(28)11-22(17)31)26(32)35-10-9-34(15-35)13-24(36)33-23-12-20(29)7-8-21(23)30;/h1-12,25-26H,13-15H2,(H,33,36);1H. The Labute approximate surface area is 257 Å².